The third kappa shape index (κ3) is 3.27. The Labute approximate surface area is 186 Å². The summed E-state index contributed by atoms with van der Waals surface area (Å²) in [6, 6.07) is 1.91. The Hall–Kier alpha value is -3.23. The third-order valence-corrected chi connectivity index (χ3v) is 7.16. The Bertz CT molecular complexity index is 1200. The number of carbonyl (C=O) groups excluding carboxylic acids is 2. The molecule has 2 aliphatic rings. The summed E-state index contributed by atoms with van der Waals surface area (Å²) in [6.45, 7) is 10.2. The van der Waals surface area contributed by atoms with E-state index in [1.807, 2.05) is 29.7 Å². The minimum absolute atomic E-state index is 0.00783. The van der Waals surface area contributed by atoms with Crippen molar-refractivity contribution in [1.82, 2.24) is 29.6 Å². The van der Waals surface area contributed by atoms with Gasteiger partial charge in [-0.25, -0.2) is 9.50 Å². The van der Waals surface area contributed by atoms with Gasteiger partial charge in [0.25, 0.3) is 11.8 Å². The van der Waals surface area contributed by atoms with Gasteiger partial charge in [0.15, 0.2) is 5.65 Å². The van der Waals surface area contributed by atoms with E-state index in [0.29, 0.717) is 35.7 Å². The Morgan fingerprint density at radius 2 is 1.69 bits per heavy atom. The zero-order chi connectivity index (χ0) is 22.6. The predicted molar refractivity (Wildman–Crippen MR) is 117 cm³/mol. The second kappa shape index (κ2) is 7.43. The van der Waals surface area contributed by atoms with Crippen LogP contribution in [0.5, 0.6) is 0 Å². The molecule has 3 aromatic rings. The van der Waals surface area contributed by atoms with Gasteiger partial charge in [0.1, 0.15) is 11.3 Å². The molecule has 0 saturated carbocycles. The third-order valence-electron chi connectivity index (χ3n) is 7.16. The maximum absolute atomic E-state index is 13.3. The Morgan fingerprint density at radius 3 is 2.34 bits per heavy atom. The van der Waals surface area contributed by atoms with Gasteiger partial charge in [-0.15, -0.1) is 0 Å². The van der Waals surface area contributed by atoms with Crippen LogP contribution in [0.25, 0.3) is 5.65 Å². The maximum atomic E-state index is 13.3. The van der Waals surface area contributed by atoms with Crippen molar-refractivity contribution in [3.8, 4) is 0 Å². The number of nitrogens with zero attached hydrogens (tertiary/aromatic N) is 6. The Kier molecular flexibility index (Phi) is 4.79. The van der Waals surface area contributed by atoms with Gasteiger partial charge in [0.2, 0.25) is 0 Å². The fourth-order valence-corrected chi connectivity index (χ4v) is 5.19. The minimum atomic E-state index is -0.00783. The highest BCUT2D eigenvalue weighted by Gasteiger charge is 2.43. The first-order chi connectivity index (χ1) is 15.3. The van der Waals surface area contributed by atoms with E-state index >= 15 is 0 Å². The minimum Gasteiger partial charge on any atom is -0.361 e. The van der Waals surface area contributed by atoms with Gasteiger partial charge in [0, 0.05) is 38.4 Å². The van der Waals surface area contributed by atoms with Crippen LogP contribution in [0.4, 0.5) is 0 Å². The molecule has 2 saturated heterocycles. The molecule has 0 bridgehead atoms. The van der Waals surface area contributed by atoms with Crippen LogP contribution in [0.2, 0.25) is 0 Å². The number of hydrogen-bond donors (Lipinski definition) is 0. The van der Waals surface area contributed by atoms with E-state index in [0.717, 1.165) is 49.4 Å². The molecule has 5 rings (SSSR count). The summed E-state index contributed by atoms with van der Waals surface area (Å²) in [5.74, 6) is 0.571. The molecule has 3 aromatic heterocycles. The number of piperidine rings is 1. The van der Waals surface area contributed by atoms with Crippen LogP contribution in [-0.4, -0.2) is 67.5 Å². The van der Waals surface area contributed by atoms with Gasteiger partial charge in [-0.1, -0.05) is 5.16 Å². The van der Waals surface area contributed by atoms with Crippen molar-refractivity contribution in [2.45, 2.75) is 47.0 Å². The number of hydrogen-bond acceptors (Lipinski definition) is 6. The van der Waals surface area contributed by atoms with Gasteiger partial charge in [-0.05, 0) is 52.4 Å². The topological polar surface area (TPSA) is 96.8 Å². The zero-order valence-electron chi connectivity index (χ0n) is 19.0. The first kappa shape index (κ1) is 20.7. The second-order valence-corrected chi connectivity index (χ2v) is 9.28. The number of carbonyl (C=O) groups is 2. The van der Waals surface area contributed by atoms with Gasteiger partial charge in [-0.3, -0.25) is 9.59 Å². The summed E-state index contributed by atoms with van der Waals surface area (Å²) in [5, 5.41) is 8.37. The highest BCUT2D eigenvalue weighted by Crippen LogP contribution is 2.41. The summed E-state index contributed by atoms with van der Waals surface area (Å²) < 4.78 is 6.91. The fourth-order valence-electron chi connectivity index (χ4n) is 5.19. The van der Waals surface area contributed by atoms with E-state index < -0.39 is 0 Å². The summed E-state index contributed by atoms with van der Waals surface area (Å²) in [7, 11) is 0. The lowest BCUT2D eigenvalue weighted by molar-refractivity contribution is 0.0563. The number of amides is 2. The van der Waals surface area contributed by atoms with Gasteiger partial charge in [-0.2, -0.15) is 5.10 Å². The molecule has 5 heterocycles. The molecule has 1 spiro atoms. The SMILES string of the molecule is Cc1cc2ncc(C(=O)N3CCC4(CCN(C(=O)c5c(C)noc5C)CC4)C3)c(C)n2n1. The van der Waals surface area contributed by atoms with Crippen LogP contribution in [-0.2, 0) is 0 Å². The predicted octanol–water partition coefficient (Wildman–Crippen LogP) is 2.72. The fraction of sp³-hybridized carbons (Fsp3) is 0.522. The normalized spacial score (nSPS) is 18.1. The first-order valence-corrected chi connectivity index (χ1v) is 11.1. The summed E-state index contributed by atoms with van der Waals surface area (Å²) in [6.07, 6.45) is 4.41. The lowest BCUT2D eigenvalue weighted by atomic mass is 9.77. The molecular weight excluding hydrogens is 408 g/mol. The van der Waals surface area contributed by atoms with Crippen LogP contribution in [0.15, 0.2) is 16.8 Å². The molecule has 2 fully saturated rings. The van der Waals surface area contributed by atoms with Crippen LogP contribution >= 0.6 is 0 Å². The molecule has 0 N–H and O–H groups in total. The van der Waals surface area contributed by atoms with Crippen molar-refractivity contribution >= 4 is 17.5 Å². The molecule has 0 radical (unpaired) electrons. The average molecular weight is 437 g/mol. The average Bonchev–Trinajstić information content (AvgIpc) is 3.45. The molecule has 2 amide bonds. The van der Waals surface area contributed by atoms with Gasteiger partial charge in [0.05, 0.1) is 22.6 Å². The second-order valence-electron chi connectivity index (χ2n) is 9.28. The molecule has 32 heavy (non-hydrogen) atoms. The number of rotatable bonds is 2. The summed E-state index contributed by atoms with van der Waals surface area (Å²) in [4.78, 5) is 34.5. The van der Waals surface area contributed by atoms with Crippen molar-refractivity contribution in [2.75, 3.05) is 26.2 Å². The molecular formula is C23H28N6O3. The number of fused-ring (bicyclic) bond motifs is 1. The smallest absolute Gasteiger partial charge is 0.259 e. The van der Waals surface area contributed by atoms with Crippen molar-refractivity contribution in [1.29, 1.82) is 0 Å². The molecule has 2 aliphatic heterocycles. The lowest BCUT2D eigenvalue weighted by Gasteiger charge is -2.39. The molecule has 9 nitrogen and oxygen atoms in total. The van der Waals surface area contributed by atoms with E-state index in [1.165, 1.54) is 0 Å². The number of aryl methyl sites for hydroxylation is 4. The van der Waals surface area contributed by atoms with Crippen molar-refractivity contribution in [3.63, 3.8) is 0 Å². The highest BCUT2D eigenvalue weighted by atomic mass is 16.5. The van der Waals surface area contributed by atoms with E-state index in [2.05, 4.69) is 15.2 Å². The highest BCUT2D eigenvalue weighted by molar-refractivity contribution is 5.96. The molecule has 168 valence electrons. The van der Waals surface area contributed by atoms with E-state index in [9.17, 15) is 9.59 Å². The van der Waals surface area contributed by atoms with Crippen LogP contribution in [0, 0.1) is 33.1 Å². The standard InChI is InChI=1S/C23H28N6O3/c1-14-11-19-24-12-18(16(3)29(19)25-14)21(30)28-10-7-23(13-28)5-8-27(9-6-23)22(31)20-15(2)26-32-17(20)4/h11-12H,5-10,13H2,1-4H3. The van der Waals surface area contributed by atoms with Gasteiger partial charge < -0.3 is 14.3 Å². The Balaban J connectivity index is 1.27. The molecule has 0 unspecified atom stereocenters. The zero-order valence-corrected chi connectivity index (χ0v) is 19.0. The maximum Gasteiger partial charge on any atom is 0.259 e. The first-order valence-electron chi connectivity index (χ1n) is 11.1. The number of aromatic nitrogens is 4. The van der Waals surface area contributed by atoms with Gasteiger partial charge >= 0.3 is 0 Å². The summed E-state index contributed by atoms with van der Waals surface area (Å²) >= 11 is 0. The molecule has 0 aromatic carbocycles. The molecule has 0 atom stereocenters. The van der Waals surface area contributed by atoms with Crippen LogP contribution < -0.4 is 0 Å². The monoisotopic (exact) mass is 436 g/mol. The van der Waals surface area contributed by atoms with Crippen molar-refractivity contribution < 1.29 is 14.1 Å². The van der Waals surface area contributed by atoms with Crippen LogP contribution in [0.1, 0.15) is 62.8 Å². The quantitative estimate of drug-likeness (QED) is 0.613. The van der Waals surface area contributed by atoms with E-state index in [-0.39, 0.29) is 17.2 Å². The lowest BCUT2D eigenvalue weighted by Crippen LogP contribution is -2.45. The molecule has 0 aliphatic carbocycles. The molecule has 9 heteroatoms. The van der Waals surface area contributed by atoms with Crippen molar-refractivity contribution in [3.05, 3.63) is 46.2 Å². The van der Waals surface area contributed by atoms with E-state index in [1.54, 1.807) is 24.6 Å². The van der Waals surface area contributed by atoms with Crippen LogP contribution in [0.3, 0.4) is 0 Å². The Morgan fingerprint density at radius 1 is 1.00 bits per heavy atom. The largest absolute Gasteiger partial charge is 0.361 e. The summed E-state index contributed by atoms with van der Waals surface area (Å²) in [5.41, 5.74) is 4.33. The van der Waals surface area contributed by atoms with E-state index in [4.69, 9.17) is 4.52 Å². The van der Waals surface area contributed by atoms with Crippen molar-refractivity contribution in [2.24, 2.45) is 5.41 Å². The number of likely N-dealkylation sites (tertiary alicyclic amines) is 2.